The Kier molecular flexibility index (Phi) is 11.8. The van der Waals surface area contributed by atoms with E-state index in [1.807, 2.05) is 0 Å². The van der Waals surface area contributed by atoms with Gasteiger partial charge in [-0.05, 0) is 55.8 Å². The van der Waals surface area contributed by atoms with Gasteiger partial charge < -0.3 is 10.2 Å². The molecule has 0 bridgehead atoms. The van der Waals surface area contributed by atoms with E-state index in [9.17, 15) is 4.79 Å². The minimum absolute atomic E-state index is 0.123. The molecule has 0 radical (unpaired) electrons. The van der Waals surface area contributed by atoms with Gasteiger partial charge >= 0.3 is 0 Å². The van der Waals surface area contributed by atoms with E-state index < -0.39 is 6.29 Å². The fraction of sp³-hybridized carbons (Fsp3) is 0.952. The largest absolute Gasteiger partial charge is 0.368 e. The Morgan fingerprint density at radius 2 is 1.25 bits per heavy atom. The number of carbonyl (C=O) groups is 1. The molecule has 0 rings (SSSR count). The second kappa shape index (κ2) is 12.0. The van der Waals surface area contributed by atoms with E-state index in [1.54, 1.807) is 0 Å². The van der Waals surface area contributed by atoms with Crippen LogP contribution in [-0.2, 0) is 4.79 Å². The summed E-state index contributed by atoms with van der Waals surface area (Å²) >= 11 is 0. The van der Waals surface area contributed by atoms with Crippen LogP contribution in [0.3, 0.4) is 0 Å². The SMILES string of the molecule is CCCC(C)(C)CCCCC(=O)CCCCC(C)(C)CCC(O)O. The standard InChI is InChI=1S/C21H42O3/c1-6-14-20(2,3)15-9-7-11-18(22)12-8-10-16-21(4,5)17-13-19(23)24/h19,23-24H,6-17H2,1-5H3. The Morgan fingerprint density at radius 3 is 1.67 bits per heavy atom. The Hall–Kier alpha value is -0.410. The van der Waals surface area contributed by atoms with Crippen LogP contribution in [0.5, 0.6) is 0 Å². The molecule has 0 amide bonds. The second-order valence-corrected chi connectivity index (χ2v) is 9.05. The summed E-state index contributed by atoms with van der Waals surface area (Å²) in [7, 11) is 0. The topological polar surface area (TPSA) is 57.5 Å². The van der Waals surface area contributed by atoms with E-state index in [1.165, 1.54) is 19.3 Å². The van der Waals surface area contributed by atoms with Crippen molar-refractivity contribution >= 4 is 5.78 Å². The number of hydrogen-bond donors (Lipinski definition) is 2. The molecule has 0 heterocycles. The lowest BCUT2D eigenvalue weighted by atomic mass is 9.82. The summed E-state index contributed by atoms with van der Waals surface area (Å²) in [5.74, 6) is 0.409. The number of unbranched alkanes of at least 4 members (excludes halogenated alkanes) is 2. The third-order valence-electron chi connectivity index (χ3n) is 5.12. The zero-order chi connectivity index (χ0) is 18.6. The first-order valence-corrected chi connectivity index (χ1v) is 9.96. The highest BCUT2D eigenvalue weighted by molar-refractivity contribution is 5.78. The molecule has 0 atom stereocenters. The molecule has 0 saturated carbocycles. The van der Waals surface area contributed by atoms with Crippen molar-refractivity contribution in [2.45, 2.75) is 118 Å². The van der Waals surface area contributed by atoms with Gasteiger partial charge in [0, 0.05) is 12.8 Å². The van der Waals surface area contributed by atoms with Gasteiger partial charge in [-0.15, -0.1) is 0 Å². The lowest BCUT2D eigenvalue weighted by Gasteiger charge is -2.25. The smallest absolute Gasteiger partial charge is 0.151 e. The van der Waals surface area contributed by atoms with Crippen molar-refractivity contribution in [3.63, 3.8) is 0 Å². The first-order chi connectivity index (χ1) is 11.1. The predicted octanol–water partition coefficient (Wildman–Crippen LogP) is 5.62. The quantitative estimate of drug-likeness (QED) is 0.300. The van der Waals surface area contributed by atoms with Crippen LogP contribution in [0.25, 0.3) is 0 Å². The van der Waals surface area contributed by atoms with Gasteiger partial charge in [0.25, 0.3) is 0 Å². The summed E-state index contributed by atoms with van der Waals surface area (Å²) in [6.07, 6.45) is 10.5. The Labute approximate surface area is 150 Å². The van der Waals surface area contributed by atoms with Gasteiger partial charge in [-0.2, -0.15) is 0 Å². The summed E-state index contributed by atoms with van der Waals surface area (Å²) in [4.78, 5) is 12.0. The molecule has 3 heteroatoms. The molecule has 0 saturated heterocycles. The number of ketones is 1. The van der Waals surface area contributed by atoms with Gasteiger partial charge in [0.15, 0.2) is 6.29 Å². The fourth-order valence-electron chi connectivity index (χ4n) is 3.42. The molecule has 0 aliphatic rings. The number of aliphatic hydroxyl groups is 2. The molecule has 0 aromatic carbocycles. The van der Waals surface area contributed by atoms with E-state index in [4.69, 9.17) is 10.2 Å². The molecule has 144 valence electrons. The molecule has 0 fully saturated rings. The molecule has 0 aliphatic carbocycles. The molecule has 24 heavy (non-hydrogen) atoms. The maximum absolute atomic E-state index is 12.0. The molecule has 0 aliphatic heterocycles. The third-order valence-corrected chi connectivity index (χ3v) is 5.12. The van der Waals surface area contributed by atoms with Crippen molar-refractivity contribution in [1.29, 1.82) is 0 Å². The summed E-state index contributed by atoms with van der Waals surface area (Å²) in [5, 5.41) is 17.9. The number of hydrogen-bond acceptors (Lipinski definition) is 3. The van der Waals surface area contributed by atoms with Crippen molar-refractivity contribution in [2.24, 2.45) is 10.8 Å². The highest BCUT2D eigenvalue weighted by Gasteiger charge is 2.19. The number of aliphatic hydroxyl groups excluding tert-OH is 1. The minimum atomic E-state index is -1.20. The van der Waals surface area contributed by atoms with E-state index in [-0.39, 0.29) is 5.41 Å². The van der Waals surface area contributed by atoms with Crippen LogP contribution < -0.4 is 0 Å². The molecule has 0 spiro atoms. The first-order valence-electron chi connectivity index (χ1n) is 9.96. The van der Waals surface area contributed by atoms with Crippen LogP contribution in [-0.4, -0.2) is 22.3 Å². The zero-order valence-electron chi connectivity index (χ0n) is 16.9. The zero-order valence-corrected chi connectivity index (χ0v) is 16.9. The molecule has 0 unspecified atom stereocenters. The van der Waals surface area contributed by atoms with Crippen LogP contribution in [0.1, 0.15) is 112 Å². The fourth-order valence-corrected chi connectivity index (χ4v) is 3.42. The van der Waals surface area contributed by atoms with Crippen LogP contribution in [0.15, 0.2) is 0 Å². The van der Waals surface area contributed by atoms with Gasteiger partial charge in [0.1, 0.15) is 5.78 Å². The van der Waals surface area contributed by atoms with Crippen LogP contribution >= 0.6 is 0 Å². The van der Waals surface area contributed by atoms with E-state index in [2.05, 4.69) is 34.6 Å². The summed E-state index contributed by atoms with van der Waals surface area (Å²) in [5.41, 5.74) is 0.545. The maximum Gasteiger partial charge on any atom is 0.151 e. The van der Waals surface area contributed by atoms with E-state index in [0.29, 0.717) is 24.0 Å². The van der Waals surface area contributed by atoms with Crippen molar-refractivity contribution in [2.75, 3.05) is 0 Å². The minimum Gasteiger partial charge on any atom is -0.368 e. The predicted molar refractivity (Wildman–Crippen MR) is 102 cm³/mol. The molecular weight excluding hydrogens is 300 g/mol. The molecule has 2 N–H and O–H groups in total. The monoisotopic (exact) mass is 342 g/mol. The van der Waals surface area contributed by atoms with Crippen molar-refractivity contribution in [3.05, 3.63) is 0 Å². The average molecular weight is 343 g/mol. The highest BCUT2D eigenvalue weighted by Crippen LogP contribution is 2.30. The van der Waals surface area contributed by atoms with Gasteiger partial charge in [-0.3, -0.25) is 4.79 Å². The Balaban J connectivity index is 3.69. The number of Topliss-reactive ketones (excluding diaryl/α,β-unsaturated/α-hetero) is 1. The van der Waals surface area contributed by atoms with Crippen molar-refractivity contribution in [3.8, 4) is 0 Å². The van der Waals surface area contributed by atoms with E-state index in [0.717, 1.165) is 44.9 Å². The first kappa shape index (κ1) is 23.6. The summed E-state index contributed by atoms with van der Waals surface area (Å²) < 4.78 is 0. The van der Waals surface area contributed by atoms with Gasteiger partial charge in [-0.25, -0.2) is 0 Å². The van der Waals surface area contributed by atoms with Crippen molar-refractivity contribution in [1.82, 2.24) is 0 Å². The van der Waals surface area contributed by atoms with Crippen LogP contribution in [0.4, 0.5) is 0 Å². The molecule has 0 aromatic heterocycles. The number of rotatable bonds is 15. The number of carbonyl (C=O) groups excluding carboxylic acids is 1. The molecular formula is C21H42O3. The van der Waals surface area contributed by atoms with E-state index >= 15 is 0 Å². The van der Waals surface area contributed by atoms with Gasteiger partial charge in [-0.1, -0.05) is 53.9 Å². The summed E-state index contributed by atoms with van der Waals surface area (Å²) in [6.45, 7) is 11.2. The normalized spacial score (nSPS) is 12.8. The van der Waals surface area contributed by atoms with Gasteiger partial charge in [0.2, 0.25) is 0 Å². The van der Waals surface area contributed by atoms with Crippen molar-refractivity contribution < 1.29 is 15.0 Å². The Morgan fingerprint density at radius 1 is 0.792 bits per heavy atom. The third kappa shape index (κ3) is 14.0. The second-order valence-electron chi connectivity index (χ2n) is 9.05. The van der Waals surface area contributed by atoms with Gasteiger partial charge in [0.05, 0.1) is 0 Å². The molecule has 3 nitrogen and oxygen atoms in total. The lowest BCUT2D eigenvalue weighted by Crippen LogP contribution is -2.15. The Bertz CT molecular complexity index is 332. The average Bonchev–Trinajstić information content (AvgIpc) is 2.46. The summed E-state index contributed by atoms with van der Waals surface area (Å²) in [6, 6.07) is 0. The highest BCUT2D eigenvalue weighted by atomic mass is 16.5. The van der Waals surface area contributed by atoms with Crippen LogP contribution in [0.2, 0.25) is 0 Å². The lowest BCUT2D eigenvalue weighted by molar-refractivity contribution is -0.119. The van der Waals surface area contributed by atoms with Crippen LogP contribution in [0, 0.1) is 10.8 Å². The maximum atomic E-state index is 12.0. The molecule has 0 aromatic rings.